The van der Waals surface area contributed by atoms with E-state index in [2.05, 4.69) is 38.2 Å². The summed E-state index contributed by atoms with van der Waals surface area (Å²) in [5.41, 5.74) is 1.60. The number of furan rings is 1. The lowest BCUT2D eigenvalue weighted by Gasteiger charge is -2.59. The van der Waals surface area contributed by atoms with Crippen LogP contribution in [0.4, 0.5) is 0 Å². The van der Waals surface area contributed by atoms with Crippen LogP contribution in [0.1, 0.15) is 93.5 Å². The molecule has 1 unspecified atom stereocenters. The average Bonchev–Trinajstić information content (AvgIpc) is 3.24. The number of rotatable bonds is 8. The fourth-order valence-corrected chi connectivity index (χ4v) is 7.20. The van der Waals surface area contributed by atoms with Crippen LogP contribution in [0.2, 0.25) is 0 Å². The minimum absolute atomic E-state index is 0.0832. The minimum atomic E-state index is -0.0832. The number of nitrogens with one attached hydrogen (secondary N) is 1. The Labute approximate surface area is 192 Å². The van der Waals surface area contributed by atoms with Crippen molar-refractivity contribution in [3.05, 3.63) is 53.5 Å². The van der Waals surface area contributed by atoms with Crippen molar-refractivity contribution in [3.8, 4) is 5.75 Å². The predicted molar refractivity (Wildman–Crippen MR) is 126 cm³/mol. The number of carbonyl (C=O) groups is 1. The van der Waals surface area contributed by atoms with E-state index < -0.39 is 0 Å². The number of hydrogen-bond donors (Lipinski definition) is 1. The summed E-state index contributed by atoms with van der Waals surface area (Å²) in [5.74, 6) is 4.94. The largest absolute Gasteiger partial charge is 0.486 e. The molecule has 172 valence electrons. The van der Waals surface area contributed by atoms with Gasteiger partial charge in [-0.05, 0) is 104 Å². The van der Waals surface area contributed by atoms with Crippen LogP contribution >= 0.6 is 0 Å². The lowest BCUT2D eigenvalue weighted by molar-refractivity contribution is -0.0728. The van der Waals surface area contributed by atoms with Crippen LogP contribution in [0.25, 0.3) is 0 Å². The summed E-state index contributed by atoms with van der Waals surface area (Å²) >= 11 is 0. The van der Waals surface area contributed by atoms with Crippen molar-refractivity contribution in [2.45, 2.75) is 84.3 Å². The summed E-state index contributed by atoms with van der Waals surface area (Å²) in [6.07, 6.45) is 9.14. The summed E-state index contributed by atoms with van der Waals surface area (Å²) in [6, 6.07) is 12.0. The smallest absolute Gasteiger partial charge is 0.287 e. The molecule has 6 rings (SSSR count). The van der Waals surface area contributed by atoms with Gasteiger partial charge in [0.15, 0.2) is 5.76 Å². The quantitative estimate of drug-likeness (QED) is 0.501. The highest BCUT2D eigenvalue weighted by atomic mass is 16.5. The fraction of sp³-hybridized carbons (Fsp3) is 0.607. The number of hydrogen-bond acceptors (Lipinski definition) is 3. The van der Waals surface area contributed by atoms with Crippen molar-refractivity contribution >= 4 is 5.91 Å². The third-order valence-corrected chi connectivity index (χ3v) is 8.35. The minimum Gasteiger partial charge on any atom is -0.486 e. The summed E-state index contributed by atoms with van der Waals surface area (Å²) in [6.45, 7) is 6.89. The molecule has 32 heavy (non-hydrogen) atoms. The molecule has 1 amide bonds. The maximum Gasteiger partial charge on any atom is 0.287 e. The van der Waals surface area contributed by atoms with Gasteiger partial charge in [0.05, 0.1) is 0 Å². The van der Waals surface area contributed by atoms with Crippen LogP contribution in [-0.4, -0.2) is 11.9 Å². The van der Waals surface area contributed by atoms with Crippen LogP contribution in [0.5, 0.6) is 5.75 Å². The van der Waals surface area contributed by atoms with Gasteiger partial charge in [-0.1, -0.05) is 32.9 Å². The van der Waals surface area contributed by atoms with Gasteiger partial charge in [-0.15, -0.1) is 0 Å². The topological polar surface area (TPSA) is 51.5 Å². The first-order valence-corrected chi connectivity index (χ1v) is 12.6. The van der Waals surface area contributed by atoms with Gasteiger partial charge < -0.3 is 14.5 Å². The van der Waals surface area contributed by atoms with Crippen LogP contribution in [0.15, 0.2) is 40.8 Å². The Bertz CT molecular complexity index is 907. The Morgan fingerprint density at radius 2 is 1.66 bits per heavy atom. The zero-order chi connectivity index (χ0) is 22.3. The van der Waals surface area contributed by atoms with Gasteiger partial charge in [0.1, 0.15) is 18.1 Å². The summed E-state index contributed by atoms with van der Waals surface area (Å²) in [4.78, 5) is 13.1. The van der Waals surface area contributed by atoms with Gasteiger partial charge in [-0.25, -0.2) is 0 Å². The highest BCUT2D eigenvalue weighted by Gasteiger charge is 2.54. The maximum absolute atomic E-state index is 13.1. The van der Waals surface area contributed by atoms with E-state index in [1.165, 1.54) is 44.1 Å². The third kappa shape index (κ3) is 4.21. The molecule has 1 N–H and O–H groups in total. The molecule has 4 bridgehead atoms. The van der Waals surface area contributed by atoms with Gasteiger partial charge in [0.2, 0.25) is 0 Å². The molecule has 4 fully saturated rings. The molecule has 4 saturated carbocycles. The SMILES string of the molecule is CCC(NC(=O)c1ccc(COc2ccc(C(C)C)cc2)o1)C12CC3CC(CC(C3)C1)C2. The van der Waals surface area contributed by atoms with Gasteiger partial charge in [-0.3, -0.25) is 4.79 Å². The van der Waals surface area contributed by atoms with E-state index in [9.17, 15) is 4.79 Å². The molecule has 1 heterocycles. The molecular formula is C28H37NO3. The number of amides is 1. The predicted octanol–water partition coefficient (Wildman–Crippen LogP) is 6.71. The first kappa shape index (κ1) is 21.6. The van der Waals surface area contributed by atoms with Crippen molar-refractivity contribution in [2.24, 2.45) is 23.2 Å². The van der Waals surface area contributed by atoms with Gasteiger partial charge in [0, 0.05) is 6.04 Å². The van der Waals surface area contributed by atoms with Crippen molar-refractivity contribution in [1.82, 2.24) is 5.32 Å². The van der Waals surface area contributed by atoms with Crippen LogP contribution in [0, 0.1) is 23.2 Å². The van der Waals surface area contributed by atoms with Crippen molar-refractivity contribution in [1.29, 1.82) is 0 Å². The lowest BCUT2D eigenvalue weighted by atomic mass is 9.47. The van der Waals surface area contributed by atoms with Crippen molar-refractivity contribution < 1.29 is 13.9 Å². The van der Waals surface area contributed by atoms with Crippen LogP contribution < -0.4 is 10.1 Å². The van der Waals surface area contributed by atoms with E-state index in [1.807, 2.05) is 18.2 Å². The highest BCUT2D eigenvalue weighted by molar-refractivity contribution is 5.91. The average molecular weight is 436 g/mol. The molecule has 0 spiro atoms. The number of carbonyl (C=O) groups excluding carboxylic acids is 1. The summed E-state index contributed by atoms with van der Waals surface area (Å²) in [7, 11) is 0. The number of ether oxygens (including phenoxy) is 1. The summed E-state index contributed by atoms with van der Waals surface area (Å²) in [5, 5.41) is 3.37. The Hall–Kier alpha value is -2.23. The van der Waals surface area contributed by atoms with E-state index in [-0.39, 0.29) is 11.9 Å². The molecule has 4 aliphatic rings. The van der Waals surface area contributed by atoms with E-state index >= 15 is 0 Å². The molecule has 1 aromatic heterocycles. The Balaban J connectivity index is 1.20. The second kappa shape index (κ2) is 8.61. The first-order chi connectivity index (χ1) is 15.4. The standard InChI is InChI=1S/C28H37NO3/c1-4-26(28-14-19-11-20(15-28)13-21(12-19)16-28)29-27(30)25-10-9-24(32-25)17-31-23-7-5-22(6-8-23)18(2)3/h5-10,18-21,26H,4,11-17H2,1-3H3,(H,29,30). The number of benzene rings is 1. The second-order valence-electron chi connectivity index (χ2n) is 11.0. The molecule has 2 aromatic rings. The second-order valence-corrected chi connectivity index (χ2v) is 11.0. The van der Waals surface area contributed by atoms with E-state index in [1.54, 1.807) is 6.07 Å². The molecule has 0 saturated heterocycles. The van der Waals surface area contributed by atoms with E-state index in [0.29, 0.717) is 29.5 Å². The lowest BCUT2D eigenvalue weighted by Crippen LogP contribution is -2.56. The zero-order valence-corrected chi connectivity index (χ0v) is 19.7. The first-order valence-electron chi connectivity index (χ1n) is 12.6. The third-order valence-electron chi connectivity index (χ3n) is 8.35. The van der Waals surface area contributed by atoms with Gasteiger partial charge >= 0.3 is 0 Å². The fourth-order valence-electron chi connectivity index (χ4n) is 7.20. The van der Waals surface area contributed by atoms with Crippen LogP contribution in [0.3, 0.4) is 0 Å². The molecule has 0 aliphatic heterocycles. The summed E-state index contributed by atoms with van der Waals surface area (Å²) < 4.78 is 11.7. The van der Waals surface area contributed by atoms with E-state index in [4.69, 9.17) is 9.15 Å². The van der Waals surface area contributed by atoms with Crippen molar-refractivity contribution in [3.63, 3.8) is 0 Å². The molecule has 1 aromatic carbocycles. The maximum atomic E-state index is 13.1. The van der Waals surface area contributed by atoms with E-state index in [0.717, 1.165) is 29.9 Å². The molecule has 4 nitrogen and oxygen atoms in total. The van der Waals surface area contributed by atoms with Gasteiger partial charge in [0.25, 0.3) is 5.91 Å². The monoisotopic (exact) mass is 435 g/mol. The van der Waals surface area contributed by atoms with Crippen molar-refractivity contribution in [2.75, 3.05) is 0 Å². The highest BCUT2D eigenvalue weighted by Crippen LogP contribution is 2.61. The Morgan fingerprint density at radius 1 is 1.03 bits per heavy atom. The Kier molecular flexibility index (Phi) is 5.81. The molecular weight excluding hydrogens is 398 g/mol. The molecule has 1 atom stereocenters. The Morgan fingerprint density at radius 3 is 2.22 bits per heavy atom. The molecule has 4 heteroatoms. The molecule has 4 aliphatic carbocycles. The van der Waals surface area contributed by atoms with Gasteiger partial charge in [-0.2, -0.15) is 0 Å². The molecule has 0 radical (unpaired) electrons. The zero-order valence-electron chi connectivity index (χ0n) is 19.7. The normalized spacial score (nSPS) is 29.3. The van der Waals surface area contributed by atoms with Crippen LogP contribution in [-0.2, 0) is 6.61 Å².